The van der Waals surface area contributed by atoms with E-state index in [9.17, 15) is 27.4 Å². The Labute approximate surface area is 296 Å². The van der Waals surface area contributed by atoms with Crippen LogP contribution in [-0.2, 0) is 52.8 Å². The van der Waals surface area contributed by atoms with Crippen molar-refractivity contribution in [1.29, 1.82) is 0 Å². The normalized spacial score (nSPS) is 25.5. The Morgan fingerprint density at radius 1 is 1.06 bits per heavy atom. The molecule has 286 valence electrons. The smallest absolute Gasteiger partial charge is 0.438 e. The van der Waals surface area contributed by atoms with Gasteiger partial charge in [0, 0.05) is 25.4 Å². The van der Waals surface area contributed by atoms with E-state index >= 15 is 0 Å². The molecule has 3 heterocycles. The van der Waals surface area contributed by atoms with E-state index in [1.54, 1.807) is 0 Å². The van der Waals surface area contributed by atoms with Crippen molar-refractivity contribution in [2.45, 2.75) is 122 Å². The number of aromatic nitrogens is 2. The first kappa shape index (κ1) is 42.5. The minimum Gasteiger partial charge on any atom is -0.460 e. The zero-order valence-electron chi connectivity index (χ0n) is 31.3. The molecule has 2 N–H and O–H groups in total. The van der Waals surface area contributed by atoms with Crippen LogP contribution >= 0.6 is 7.60 Å². The predicted octanol–water partition coefficient (Wildman–Crippen LogP) is 4.54. The van der Waals surface area contributed by atoms with Gasteiger partial charge in [-0.2, -0.15) is 8.42 Å². The van der Waals surface area contributed by atoms with E-state index in [2.05, 4.69) is 25.5 Å². The van der Waals surface area contributed by atoms with Crippen LogP contribution in [0.25, 0.3) is 0 Å². The third-order valence-electron chi connectivity index (χ3n) is 10.1. The number of carbonyl (C=O) groups excluding carboxylic acids is 1. The van der Waals surface area contributed by atoms with E-state index in [1.807, 2.05) is 47.0 Å². The number of carbonyl (C=O) groups is 1. The molecule has 5 atom stereocenters. The number of rotatable bonds is 13. The van der Waals surface area contributed by atoms with Gasteiger partial charge < -0.3 is 33.1 Å². The van der Waals surface area contributed by atoms with E-state index in [-0.39, 0.29) is 47.5 Å². The fourth-order valence-electron chi connectivity index (χ4n) is 5.05. The molecule has 0 aliphatic carbocycles. The van der Waals surface area contributed by atoms with Crippen molar-refractivity contribution in [3.8, 4) is 0 Å². The van der Waals surface area contributed by atoms with Gasteiger partial charge in [0.2, 0.25) is 0 Å². The van der Waals surface area contributed by atoms with Crippen LogP contribution < -0.4 is 17.0 Å². The van der Waals surface area contributed by atoms with Gasteiger partial charge in [-0.3, -0.25) is 13.9 Å². The first-order valence-electron chi connectivity index (χ1n) is 16.2. The van der Waals surface area contributed by atoms with Crippen LogP contribution in [0.1, 0.15) is 59.8 Å². The van der Waals surface area contributed by atoms with Crippen molar-refractivity contribution in [3.05, 3.63) is 43.7 Å². The standard InChI is InChI=1S/C30H54N3O13PSSi2/c1-20-17-33(26(35)32(24(20)34)15-14-16-42-47(37,41-9)27(36)40-8)25-23(45-50(12,13)29(5,6)7)30(21(31)19-48(38,39)46-30)22(44-25)18-43-49(10,11)28(2,3)4/h17,19,22-23,25H,14-16,18,31H2,1-13H3/t22?,23-,25+,30?,47?/m0/s1. The highest BCUT2D eigenvalue weighted by molar-refractivity contribution is 7.90. The molecule has 3 rings (SSSR count). The van der Waals surface area contributed by atoms with Gasteiger partial charge in [-0.1, -0.05) is 41.5 Å². The summed E-state index contributed by atoms with van der Waals surface area (Å²) in [4.78, 5) is 39.4. The molecule has 50 heavy (non-hydrogen) atoms. The lowest BCUT2D eigenvalue weighted by Crippen LogP contribution is -2.59. The Morgan fingerprint density at radius 3 is 2.12 bits per heavy atom. The lowest BCUT2D eigenvalue weighted by atomic mass is 9.89. The highest BCUT2D eigenvalue weighted by atomic mass is 32.2. The summed E-state index contributed by atoms with van der Waals surface area (Å²) in [7, 11) is -11.7. The van der Waals surface area contributed by atoms with Crippen LogP contribution in [0.4, 0.5) is 4.79 Å². The zero-order valence-corrected chi connectivity index (χ0v) is 35.1. The molecule has 1 aromatic heterocycles. The third kappa shape index (κ3) is 8.16. The van der Waals surface area contributed by atoms with E-state index in [0.717, 1.165) is 24.2 Å². The maximum atomic E-state index is 14.2. The Balaban J connectivity index is 2.18. The molecule has 0 radical (unpaired) electrons. The Hall–Kier alpha value is -1.94. The number of aryl methyl sites for hydroxylation is 1. The largest absolute Gasteiger partial charge is 0.460 e. The topological polar surface area (TPSA) is 203 Å². The predicted molar refractivity (Wildman–Crippen MR) is 191 cm³/mol. The van der Waals surface area contributed by atoms with Gasteiger partial charge in [0.15, 0.2) is 28.5 Å². The van der Waals surface area contributed by atoms with Gasteiger partial charge in [0.1, 0.15) is 12.2 Å². The van der Waals surface area contributed by atoms with Gasteiger partial charge >= 0.3 is 19.0 Å². The summed E-state index contributed by atoms with van der Waals surface area (Å²) in [6, 6.07) is 0. The monoisotopic (exact) mass is 783 g/mol. The summed E-state index contributed by atoms with van der Waals surface area (Å²) in [5.41, 5.74) is 2.05. The van der Waals surface area contributed by atoms with Crippen molar-refractivity contribution in [3.63, 3.8) is 0 Å². The van der Waals surface area contributed by atoms with E-state index in [4.69, 9.17) is 32.6 Å². The van der Waals surface area contributed by atoms with Crippen molar-refractivity contribution < 1.29 is 49.3 Å². The fraction of sp³-hybridized carbons (Fsp3) is 0.767. The minimum atomic E-state index is -4.30. The SMILES string of the molecule is COC(=O)P(=O)(OC)OCCCn1c(=O)c(C)cn([C@@H]2OC(CO[Si](C)(C)C(C)(C)C)C3(OS(=O)(=O)C=C3N)[C@H]2O[Si](C)(C)C(C)(C)C)c1=O. The fourth-order valence-corrected chi connectivity index (χ4v) is 9.51. The summed E-state index contributed by atoms with van der Waals surface area (Å²) in [6.45, 7) is 21.0. The van der Waals surface area contributed by atoms with E-state index < -0.39 is 75.3 Å². The second-order valence-corrected chi connectivity index (χ2v) is 28.6. The van der Waals surface area contributed by atoms with E-state index in [1.165, 1.54) is 17.7 Å². The molecule has 0 bridgehead atoms. The highest BCUT2D eigenvalue weighted by Gasteiger charge is 2.67. The number of ether oxygens (including phenoxy) is 2. The van der Waals surface area contributed by atoms with Crippen LogP contribution in [0.15, 0.2) is 26.9 Å². The first-order chi connectivity index (χ1) is 22.6. The Bertz CT molecular complexity index is 1760. The zero-order chi connectivity index (χ0) is 38.5. The van der Waals surface area contributed by atoms with Crippen LogP contribution in [0.5, 0.6) is 0 Å². The summed E-state index contributed by atoms with van der Waals surface area (Å²) >= 11 is 0. The minimum absolute atomic E-state index is 0.0255. The van der Waals surface area contributed by atoms with Crippen molar-refractivity contribution in [2.75, 3.05) is 27.4 Å². The lowest BCUT2D eigenvalue weighted by molar-refractivity contribution is -0.0567. The molecule has 1 spiro atoms. The van der Waals surface area contributed by atoms with Gasteiger partial charge in [-0.25, -0.2) is 18.3 Å². The molecule has 1 saturated heterocycles. The molecule has 1 fully saturated rings. The van der Waals surface area contributed by atoms with Crippen LogP contribution in [-0.4, -0.2) is 85.1 Å². The van der Waals surface area contributed by atoms with Crippen molar-refractivity contribution in [1.82, 2.24) is 9.13 Å². The van der Waals surface area contributed by atoms with Crippen LogP contribution in [0.2, 0.25) is 36.3 Å². The lowest BCUT2D eigenvalue weighted by Gasteiger charge is -2.43. The molecule has 2 aliphatic rings. The Morgan fingerprint density at radius 2 is 1.64 bits per heavy atom. The van der Waals surface area contributed by atoms with Crippen molar-refractivity contribution >= 4 is 40.1 Å². The Kier molecular flexibility index (Phi) is 12.3. The number of nitrogens with two attached hydrogens (primary N) is 1. The molecule has 0 aromatic carbocycles. The molecule has 1 aromatic rings. The van der Waals surface area contributed by atoms with Crippen LogP contribution in [0, 0.1) is 6.92 Å². The summed E-state index contributed by atoms with van der Waals surface area (Å²) in [6.07, 6.45) is -2.44. The molecular formula is C30H54N3O13PSSi2. The molecule has 3 unspecified atom stereocenters. The maximum absolute atomic E-state index is 14.2. The average molecular weight is 784 g/mol. The summed E-state index contributed by atoms with van der Waals surface area (Å²) < 4.78 is 81.2. The van der Waals surface area contributed by atoms with Gasteiger partial charge in [0.05, 0.1) is 31.4 Å². The molecule has 0 saturated carbocycles. The average Bonchev–Trinajstić information content (AvgIpc) is 3.41. The highest BCUT2D eigenvalue weighted by Crippen LogP contribution is 2.52. The maximum Gasteiger partial charge on any atom is 0.438 e. The first-order valence-corrected chi connectivity index (χ1v) is 25.1. The van der Waals surface area contributed by atoms with E-state index in [0.29, 0.717) is 0 Å². The molecule has 0 amide bonds. The quantitative estimate of drug-likeness (QED) is 0.126. The third-order valence-corrected chi connectivity index (χ3v) is 21.8. The van der Waals surface area contributed by atoms with Gasteiger partial charge in [-0.15, -0.1) is 0 Å². The second-order valence-electron chi connectivity index (χ2n) is 15.6. The number of hydrogen-bond acceptors (Lipinski definition) is 14. The second kappa shape index (κ2) is 14.5. The number of nitrogens with zero attached hydrogens (tertiary/aromatic N) is 2. The van der Waals surface area contributed by atoms with Gasteiger partial charge in [-0.05, 0) is 49.6 Å². The number of hydrogen-bond donors (Lipinski definition) is 1. The van der Waals surface area contributed by atoms with Gasteiger partial charge in [0.25, 0.3) is 15.7 Å². The van der Waals surface area contributed by atoms with Crippen LogP contribution in [0.3, 0.4) is 0 Å². The molecular weight excluding hydrogens is 730 g/mol. The van der Waals surface area contributed by atoms with Crippen molar-refractivity contribution in [2.24, 2.45) is 5.73 Å². The molecule has 20 heteroatoms. The molecule has 16 nitrogen and oxygen atoms in total. The number of methoxy groups -OCH3 is 1. The molecule has 2 aliphatic heterocycles. The summed E-state index contributed by atoms with van der Waals surface area (Å²) in [5.74, 6) is 0. The summed E-state index contributed by atoms with van der Waals surface area (Å²) in [5, 5.41) is 0.248.